The highest BCUT2D eigenvalue weighted by atomic mass is 16.1. The van der Waals surface area contributed by atoms with Crippen molar-refractivity contribution in [3.63, 3.8) is 0 Å². The molecule has 0 atom stereocenters. The molecule has 0 radical (unpaired) electrons. The molecule has 0 unspecified atom stereocenters. The van der Waals surface area contributed by atoms with Gasteiger partial charge in [0, 0.05) is 18.8 Å². The van der Waals surface area contributed by atoms with Gasteiger partial charge in [-0.1, -0.05) is 5.92 Å². The van der Waals surface area contributed by atoms with Crippen LogP contribution >= 0.6 is 0 Å². The Morgan fingerprint density at radius 3 is 2.87 bits per heavy atom. The number of nitrogens with two attached hydrogens (primary N) is 1. The van der Waals surface area contributed by atoms with E-state index < -0.39 is 5.91 Å². The van der Waals surface area contributed by atoms with Gasteiger partial charge < -0.3 is 11.1 Å². The first-order valence-electron chi connectivity index (χ1n) is 6.90. The molecule has 0 fully saturated rings. The number of nitrogens with zero attached hydrogens (tertiary/aromatic N) is 3. The molecule has 0 spiro atoms. The highest BCUT2D eigenvalue weighted by Gasteiger charge is 2.15. The van der Waals surface area contributed by atoms with Gasteiger partial charge in [-0.25, -0.2) is 4.98 Å². The second-order valence-electron chi connectivity index (χ2n) is 4.90. The number of aromatic nitrogens is 4. The number of fused-ring (bicyclic) bond motifs is 1. The zero-order chi connectivity index (χ0) is 16.4. The molecule has 1 aromatic carbocycles. The van der Waals surface area contributed by atoms with Crippen LogP contribution in [-0.2, 0) is 0 Å². The van der Waals surface area contributed by atoms with Gasteiger partial charge in [0.05, 0.1) is 16.7 Å². The van der Waals surface area contributed by atoms with Crippen LogP contribution in [0, 0.1) is 18.8 Å². The lowest BCUT2D eigenvalue weighted by Crippen LogP contribution is -2.13. The Bertz CT molecular complexity index is 964. The normalized spacial score (nSPS) is 10.2. The molecule has 0 aliphatic rings. The van der Waals surface area contributed by atoms with Crippen LogP contribution in [0.4, 0.5) is 5.82 Å². The Labute approximate surface area is 132 Å². The number of aryl methyl sites for hydroxylation is 1. The molecule has 0 saturated heterocycles. The van der Waals surface area contributed by atoms with Gasteiger partial charge in [0.2, 0.25) is 0 Å². The summed E-state index contributed by atoms with van der Waals surface area (Å²) >= 11 is 0. The summed E-state index contributed by atoms with van der Waals surface area (Å²) in [5.41, 5.74) is 9.16. The van der Waals surface area contributed by atoms with Crippen LogP contribution in [0.15, 0.2) is 24.4 Å². The van der Waals surface area contributed by atoms with Gasteiger partial charge in [0.25, 0.3) is 5.91 Å². The smallest absolute Gasteiger partial charge is 0.255 e. The van der Waals surface area contributed by atoms with Crippen molar-refractivity contribution in [1.82, 2.24) is 20.2 Å². The van der Waals surface area contributed by atoms with E-state index in [0.29, 0.717) is 11.5 Å². The summed E-state index contributed by atoms with van der Waals surface area (Å²) in [5, 5.41) is 9.47. The molecule has 0 saturated carbocycles. The van der Waals surface area contributed by atoms with Gasteiger partial charge in [0.1, 0.15) is 11.3 Å². The van der Waals surface area contributed by atoms with Crippen LogP contribution in [-0.4, -0.2) is 33.1 Å². The molecule has 3 aromatic rings. The van der Waals surface area contributed by atoms with Crippen molar-refractivity contribution in [2.45, 2.75) is 6.92 Å². The lowest BCUT2D eigenvalue weighted by atomic mass is 10.1. The largest absolute Gasteiger partial charge is 0.371 e. The van der Waals surface area contributed by atoms with Gasteiger partial charge in [-0.15, -0.1) is 0 Å². The van der Waals surface area contributed by atoms with Gasteiger partial charge in [-0.3, -0.25) is 14.9 Å². The van der Waals surface area contributed by atoms with Crippen LogP contribution in [0.1, 0.15) is 27.3 Å². The van der Waals surface area contributed by atoms with Crippen molar-refractivity contribution in [3.05, 3.63) is 46.9 Å². The van der Waals surface area contributed by atoms with Gasteiger partial charge in [-0.05, 0) is 31.0 Å². The Kier molecular flexibility index (Phi) is 3.65. The molecular weight excluding hydrogens is 292 g/mol. The molecule has 2 aromatic heterocycles. The Morgan fingerprint density at radius 2 is 2.13 bits per heavy atom. The third kappa shape index (κ3) is 2.82. The number of carbonyl (C=O) groups excluding carboxylic acids is 1. The van der Waals surface area contributed by atoms with Crippen LogP contribution in [0.5, 0.6) is 0 Å². The van der Waals surface area contributed by atoms with Gasteiger partial charge >= 0.3 is 0 Å². The molecule has 3 rings (SSSR count). The van der Waals surface area contributed by atoms with Crippen LogP contribution in [0.25, 0.3) is 11.0 Å². The summed E-state index contributed by atoms with van der Waals surface area (Å²) < 4.78 is 0. The predicted octanol–water partition coefficient (Wildman–Crippen LogP) is 1.20. The minimum atomic E-state index is -0.590. The molecule has 7 heteroatoms. The van der Waals surface area contributed by atoms with E-state index >= 15 is 0 Å². The van der Waals surface area contributed by atoms with Crippen LogP contribution < -0.4 is 11.1 Å². The standard InChI is InChI=1S/C16H14N6O/c1-9-8-19-11-5-3-10(7-13(11)20-9)4-6-12-14(15(17)23)16(18-2)22-21-12/h3,5,7-8H,1-2H3,(H2,17,23)(H2,18,21,22). The number of amides is 1. The van der Waals surface area contributed by atoms with E-state index in [9.17, 15) is 4.79 Å². The third-order valence-corrected chi connectivity index (χ3v) is 3.24. The number of anilines is 1. The Hall–Kier alpha value is -3.40. The molecule has 1 amide bonds. The second-order valence-corrected chi connectivity index (χ2v) is 4.90. The number of aromatic amines is 1. The number of nitrogens with one attached hydrogen (secondary N) is 2. The van der Waals surface area contributed by atoms with Crippen molar-refractivity contribution in [2.75, 3.05) is 12.4 Å². The zero-order valence-corrected chi connectivity index (χ0v) is 12.6. The second kappa shape index (κ2) is 5.77. The third-order valence-electron chi connectivity index (χ3n) is 3.24. The first-order chi connectivity index (χ1) is 11.1. The van der Waals surface area contributed by atoms with E-state index in [1.54, 1.807) is 13.2 Å². The fraction of sp³-hybridized carbons (Fsp3) is 0.125. The van der Waals surface area contributed by atoms with E-state index in [1.807, 2.05) is 25.1 Å². The summed E-state index contributed by atoms with van der Waals surface area (Å²) in [6.45, 7) is 1.88. The highest BCUT2D eigenvalue weighted by Crippen LogP contribution is 2.15. The van der Waals surface area contributed by atoms with Gasteiger partial charge in [-0.2, -0.15) is 5.10 Å². The first-order valence-corrected chi connectivity index (χ1v) is 6.90. The highest BCUT2D eigenvalue weighted by molar-refractivity contribution is 5.99. The lowest BCUT2D eigenvalue weighted by Gasteiger charge is -1.98. The Morgan fingerprint density at radius 1 is 1.30 bits per heavy atom. The Balaban J connectivity index is 2.02. The van der Waals surface area contributed by atoms with Crippen molar-refractivity contribution in [2.24, 2.45) is 5.73 Å². The fourth-order valence-corrected chi connectivity index (χ4v) is 2.17. The first kappa shape index (κ1) is 14.5. The number of H-pyrrole nitrogens is 1. The maximum absolute atomic E-state index is 11.5. The molecule has 114 valence electrons. The molecular formula is C16H14N6O. The topological polar surface area (TPSA) is 110 Å². The number of primary amides is 1. The zero-order valence-electron chi connectivity index (χ0n) is 12.6. The number of hydrogen-bond donors (Lipinski definition) is 3. The average Bonchev–Trinajstić information content (AvgIpc) is 2.95. The number of benzene rings is 1. The van der Waals surface area contributed by atoms with E-state index in [2.05, 4.69) is 37.3 Å². The molecule has 23 heavy (non-hydrogen) atoms. The van der Waals surface area contributed by atoms with E-state index in [4.69, 9.17) is 5.73 Å². The fourth-order valence-electron chi connectivity index (χ4n) is 2.17. The van der Waals surface area contributed by atoms with Crippen LogP contribution in [0.3, 0.4) is 0 Å². The monoisotopic (exact) mass is 306 g/mol. The molecule has 2 heterocycles. The summed E-state index contributed by atoms with van der Waals surface area (Å²) in [6.07, 6.45) is 1.72. The summed E-state index contributed by atoms with van der Waals surface area (Å²) in [7, 11) is 1.66. The van der Waals surface area contributed by atoms with Crippen molar-refractivity contribution in [3.8, 4) is 11.8 Å². The van der Waals surface area contributed by atoms with Crippen molar-refractivity contribution >= 4 is 22.8 Å². The average molecular weight is 306 g/mol. The predicted molar refractivity (Wildman–Crippen MR) is 86.9 cm³/mol. The molecule has 7 nitrogen and oxygen atoms in total. The molecule has 0 bridgehead atoms. The quantitative estimate of drug-likeness (QED) is 0.616. The molecule has 0 aliphatic heterocycles. The van der Waals surface area contributed by atoms with E-state index in [-0.39, 0.29) is 5.56 Å². The van der Waals surface area contributed by atoms with E-state index in [0.717, 1.165) is 22.3 Å². The minimum Gasteiger partial charge on any atom is -0.371 e. The number of carbonyl (C=O) groups is 1. The minimum absolute atomic E-state index is 0.247. The van der Waals surface area contributed by atoms with Crippen molar-refractivity contribution in [1.29, 1.82) is 0 Å². The summed E-state index contributed by atoms with van der Waals surface area (Å²) in [6, 6.07) is 5.55. The van der Waals surface area contributed by atoms with Gasteiger partial charge in [0.15, 0.2) is 5.82 Å². The number of hydrogen-bond acceptors (Lipinski definition) is 5. The summed E-state index contributed by atoms with van der Waals surface area (Å²) in [5.74, 6) is 5.65. The molecule has 4 N–H and O–H groups in total. The van der Waals surface area contributed by atoms with Crippen LogP contribution in [0.2, 0.25) is 0 Å². The number of rotatable bonds is 2. The maximum Gasteiger partial charge on any atom is 0.255 e. The lowest BCUT2D eigenvalue weighted by molar-refractivity contribution is 0.100. The maximum atomic E-state index is 11.5. The summed E-state index contributed by atoms with van der Waals surface area (Å²) in [4.78, 5) is 20.2. The van der Waals surface area contributed by atoms with E-state index in [1.165, 1.54) is 0 Å². The SMILES string of the molecule is CNc1n[nH]c(C#Cc2ccc3ncc(C)nc3c2)c1C(N)=O. The van der Waals surface area contributed by atoms with Crippen molar-refractivity contribution < 1.29 is 4.79 Å². The molecule has 0 aliphatic carbocycles.